The number of rotatable bonds is 5. The van der Waals surface area contributed by atoms with Gasteiger partial charge >= 0.3 is 0 Å². The van der Waals surface area contributed by atoms with Gasteiger partial charge in [-0.25, -0.2) is 8.42 Å². The van der Waals surface area contributed by atoms with E-state index in [-0.39, 0.29) is 0 Å². The van der Waals surface area contributed by atoms with Crippen LogP contribution in [0.5, 0.6) is 0 Å². The second-order valence-corrected chi connectivity index (χ2v) is 7.22. The molecule has 102 valence electrons. The summed E-state index contributed by atoms with van der Waals surface area (Å²) in [5, 5.41) is 1.77. The summed E-state index contributed by atoms with van der Waals surface area (Å²) in [6.07, 6.45) is 0. The van der Waals surface area contributed by atoms with Gasteiger partial charge in [0, 0.05) is 18.8 Å². The first-order valence-electron chi connectivity index (χ1n) is 5.92. The molecule has 1 aromatic heterocycles. The van der Waals surface area contributed by atoms with Crippen LogP contribution in [0.3, 0.4) is 0 Å². The number of sulfonamides is 1. The number of nitrogens with zero attached hydrogens (tertiary/aromatic N) is 1. The van der Waals surface area contributed by atoms with Crippen LogP contribution in [0.25, 0.3) is 0 Å². The molecule has 0 aliphatic carbocycles. The van der Waals surface area contributed by atoms with Gasteiger partial charge in [-0.3, -0.25) is 0 Å². The first-order chi connectivity index (χ1) is 9.04. The zero-order valence-electron chi connectivity index (χ0n) is 10.6. The van der Waals surface area contributed by atoms with Crippen LogP contribution in [0.1, 0.15) is 12.5 Å². The van der Waals surface area contributed by atoms with E-state index in [9.17, 15) is 8.42 Å². The molecule has 0 aliphatic rings. The van der Waals surface area contributed by atoms with Crippen molar-refractivity contribution in [1.82, 2.24) is 4.31 Å². The van der Waals surface area contributed by atoms with Gasteiger partial charge in [0.2, 0.25) is 0 Å². The van der Waals surface area contributed by atoms with Gasteiger partial charge in [-0.15, -0.1) is 11.3 Å². The van der Waals surface area contributed by atoms with Crippen molar-refractivity contribution in [1.29, 1.82) is 0 Å². The second kappa shape index (κ2) is 5.73. The van der Waals surface area contributed by atoms with Crippen LogP contribution in [-0.2, 0) is 16.6 Å². The van der Waals surface area contributed by atoms with E-state index in [0.29, 0.717) is 23.0 Å². The Bertz CT molecular complexity index is 636. The molecule has 0 atom stereocenters. The number of benzene rings is 1. The third kappa shape index (κ3) is 3.15. The van der Waals surface area contributed by atoms with Crippen LogP contribution >= 0.6 is 11.3 Å². The molecule has 0 bridgehead atoms. The van der Waals surface area contributed by atoms with Crippen LogP contribution in [0.4, 0.5) is 5.69 Å². The zero-order chi connectivity index (χ0) is 13.9. The Morgan fingerprint density at radius 3 is 2.63 bits per heavy atom. The highest BCUT2D eigenvalue weighted by atomic mass is 32.2. The maximum Gasteiger partial charge on any atom is 0.252 e. The van der Waals surface area contributed by atoms with E-state index >= 15 is 0 Å². The molecular weight excluding hydrogens is 280 g/mol. The van der Waals surface area contributed by atoms with Gasteiger partial charge in [0.15, 0.2) is 0 Å². The number of thiophene rings is 1. The molecule has 0 radical (unpaired) electrons. The number of nitrogens with two attached hydrogens (primary N) is 1. The van der Waals surface area contributed by atoms with Crippen molar-refractivity contribution in [3.63, 3.8) is 0 Å². The van der Waals surface area contributed by atoms with E-state index in [0.717, 1.165) is 5.56 Å². The average molecular weight is 296 g/mol. The smallest absolute Gasteiger partial charge is 0.252 e. The summed E-state index contributed by atoms with van der Waals surface area (Å²) in [5.74, 6) is 0. The Morgan fingerprint density at radius 1 is 1.26 bits per heavy atom. The number of hydrogen-bond donors (Lipinski definition) is 1. The molecule has 0 spiro atoms. The van der Waals surface area contributed by atoms with E-state index in [1.54, 1.807) is 29.6 Å². The van der Waals surface area contributed by atoms with Crippen molar-refractivity contribution in [3.05, 3.63) is 47.3 Å². The van der Waals surface area contributed by atoms with Crippen molar-refractivity contribution < 1.29 is 8.42 Å². The quantitative estimate of drug-likeness (QED) is 0.862. The summed E-state index contributed by atoms with van der Waals surface area (Å²) in [6.45, 7) is 2.59. The Morgan fingerprint density at radius 2 is 2.05 bits per heavy atom. The molecule has 2 aromatic rings. The Hall–Kier alpha value is -1.37. The standard InChI is InChI=1S/C13H16N2O2S2/c1-2-15(10-11-5-3-6-12(14)9-11)19(16,17)13-7-4-8-18-13/h3-9H,2,10,14H2,1H3. The van der Waals surface area contributed by atoms with Crippen LogP contribution in [-0.4, -0.2) is 19.3 Å². The van der Waals surface area contributed by atoms with Crippen molar-refractivity contribution in [2.45, 2.75) is 17.7 Å². The molecule has 1 aromatic carbocycles. The van der Waals surface area contributed by atoms with E-state index in [1.165, 1.54) is 15.6 Å². The maximum atomic E-state index is 12.4. The van der Waals surface area contributed by atoms with Gasteiger partial charge in [-0.05, 0) is 29.1 Å². The Balaban J connectivity index is 2.26. The summed E-state index contributed by atoms with van der Waals surface area (Å²) in [6, 6.07) is 10.7. The molecule has 0 saturated carbocycles. The summed E-state index contributed by atoms with van der Waals surface area (Å²) in [5.41, 5.74) is 7.25. The third-order valence-electron chi connectivity index (χ3n) is 2.75. The van der Waals surface area contributed by atoms with Crippen LogP contribution in [0.2, 0.25) is 0 Å². The van der Waals surface area contributed by atoms with Gasteiger partial charge in [0.05, 0.1) is 0 Å². The molecule has 0 amide bonds. The highest BCUT2D eigenvalue weighted by Crippen LogP contribution is 2.22. The van der Waals surface area contributed by atoms with E-state index in [1.807, 2.05) is 19.1 Å². The molecule has 0 saturated heterocycles. The third-order valence-corrected chi connectivity index (χ3v) is 6.05. The predicted molar refractivity (Wildman–Crippen MR) is 78.4 cm³/mol. The van der Waals surface area contributed by atoms with Crippen molar-refractivity contribution in [2.24, 2.45) is 0 Å². The minimum absolute atomic E-state index is 0.335. The summed E-state index contributed by atoms with van der Waals surface area (Å²) in [7, 11) is -3.41. The first-order valence-corrected chi connectivity index (χ1v) is 8.24. The van der Waals surface area contributed by atoms with Crippen LogP contribution < -0.4 is 5.73 Å². The van der Waals surface area contributed by atoms with Crippen LogP contribution in [0.15, 0.2) is 46.0 Å². The van der Waals surface area contributed by atoms with Gasteiger partial charge in [0.1, 0.15) is 4.21 Å². The monoisotopic (exact) mass is 296 g/mol. The largest absolute Gasteiger partial charge is 0.399 e. The second-order valence-electron chi connectivity index (χ2n) is 4.11. The Kier molecular flexibility index (Phi) is 4.24. The van der Waals surface area contributed by atoms with Crippen molar-refractivity contribution in [2.75, 3.05) is 12.3 Å². The molecule has 6 heteroatoms. The van der Waals surface area contributed by atoms with E-state index in [4.69, 9.17) is 5.73 Å². The molecule has 2 rings (SSSR count). The fourth-order valence-electron chi connectivity index (χ4n) is 1.80. The van der Waals surface area contributed by atoms with Crippen LogP contribution in [0, 0.1) is 0 Å². The lowest BCUT2D eigenvalue weighted by atomic mass is 10.2. The number of nitrogen functional groups attached to an aromatic ring is 1. The Labute approximate surface area is 117 Å². The highest BCUT2D eigenvalue weighted by Gasteiger charge is 2.23. The zero-order valence-corrected chi connectivity index (χ0v) is 12.2. The molecule has 19 heavy (non-hydrogen) atoms. The summed E-state index contributed by atoms with van der Waals surface area (Å²) < 4.78 is 26.7. The fraction of sp³-hybridized carbons (Fsp3) is 0.231. The van der Waals surface area contributed by atoms with E-state index < -0.39 is 10.0 Å². The number of hydrogen-bond acceptors (Lipinski definition) is 4. The SMILES string of the molecule is CCN(Cc1cccc(N)c1)S(=O)(=O)c1cccs1. The molecule has 0 aliphatic heterocycles. The molecule has 0 unspecified atom stereocenters. The predicted octanol–water partition coefficient (Wildman–Crippen LogP) is 2.54. The summed E-state index contributed by atoms with van der Waals surface area (Å²) >= 11 is 1.23. The normalized spacial score (nSPS) is 11.9. The maximum absolute atomic E-state index is 12.4. The fourth-order valence-corrected chi connectivity index (χ4v) is 4.38. The van der Waals surface area contributed by atoms with Gasteiger partial charge in [0.25, 0.3) is 10.0 Å². The van der Waals surface area contributed by atoms with Gasteiger partial charge < -0.3 is 5.73 Å². The van der Waals surface area contributed by atoms with Crippen molar-refractivity contribution in [3.8, 4) is 0 Å². The molecular formula is C13H16N2O2S2. The molecule has 2 N–H and O–H groups in total. The van der Waals surface area contributed by atoms with Gasteiger partial charge in [-0.1, -0.05) is 25.1 Å². The minimum atomic E-state index is -3.41. The average Bonchev–Trinajstić information content (AvgIpc) is 2.90. The number of anilines is 1. The minimum Gasteiger partial charge on any atom is -0.399 e. The molecule has 1 heterocycles. The molecule has 0 fully saturated rings. The van der Waals surface area contributed by atoms with E-state index in [2.05, 4.69) is 0 Å². The summed E-state index contributed by atoms with van der Waals surface area (Å²) in [4.78, 5) is 0. The lowest BCUT2D eigenvalue weighted by Crippen LogP contribution is -2.29. The first kappa shape index (κ1) is 14.0. The lowest BCUT2D eigenvalue weighted by molar-refractivity contribution is 0.425. The molecule has 4 nitrogen and oxygen atoms in total. The lowest BCUT2D eigenvalue weighted by Gasteiger charge is -2.19. The van der Waals surface area contributed by atoms with Crippen molar-refractivity contribution >= 4 is 27.0 Å². The van der Waals surface area contributed by atoms with Gasteiger partial charge in [-0.2, -0.15) is 4.31 Å². The highest BCUT2D eigenvalue weighted by molar-refractivity contribution is 7.91. The topological polar surface area (TPSA) is 63.4 Å².